The molecule has 128 valence electrons. The van der Waals surface area contributed by atoms with Gasteiger partial charge in [-0.3, -0.25) is 4.21 Å². The summed E-state index contributed by atoms with van der Waals surface area (Å²) in [6.07, 6.45) is 4.21. The van der Waals surface area contributed by atoms with E-state index in [-0.39, 0.29) is 23.0 Å². The van der Waals surface area contributed by atoms with Gasteiger partial charge in [0.2, 0.25) is 5.16 Å². The standard InChI is InChI=1S/C15H22FN3O3S/c1-15(2,3)22-14(20)19-7-5-4-6-12(19)10-23(21)13-17-8-11(16)9-18-13/h8-9,12H,4-7,10H2,1-3H3/t12-,23+/m1/s1. The average molecular weight is 343 g/mol. The maximum absolute atomic E-state index is 12.8. The van der Waals surface area contributed by atoms with Crippen LogP contribution in [0.25, 0.3) is 0 Å². The molecule has 0 N–H and O–H groups in total. The van der Waals surface area contributed by atoms with Crippen LogP contribution in [0.15, 0.2) is 17.6 Å². The fraction of sp³-hybridized carbons (Fsp3) is 0.667. The van der Waals surface area contributed by atoms with Crippen LogP contribution < -0.4 is 0 Å². The third kappa shape index (κ3) is 5.23. The molecule has 2 atom stereocenters. The second-order valence-corrected chi connectivity index (χ2v) is 7.91. The van der Waals surface area contributed by atoms with Crippen LogP contribution in [0.4, 0.5) is 9.18 Å². The molecule has 0 bridgehead atoms. The zero-order valence-corrected chi connectivity index (χ0v) is 14.4. The normalized spacial score (nSPS) is 20.2. The molecule has 1 aliphatic heterocycles. The first kappa shape index (κ1) is 17.8. The highest BCUT2D eigenvalue weighted by Gasteiger charge is 2.32. The summed E-state index contributed by atoms with van der Waals surface area (Å²) >= 11 is 0. The maximum atomic E-state index is 12.8. The van der Waals surface area contributed by atoms with Gasteiger partial charge in [0, 0.05) is 12.6 Å². The smallest absolute Gasteiger partial charge is 0.410 e. The topological polar surface area (TPSA) is 72.4 Å². The number of aromatic nitrogens is 2. The summed E-state index contributed by atoms with van der Waals surface area (Å²) in [6.45, 7) is 6.03. The van der Waals surface area contributed by atoms with E-state index < -0.39 is 22.2 Å². The summed E-state index contributed by atoms with van der Waals surface area (Å²) in [4.78, 5) is 21.4. The van der Waals surface area contributed by atoms with E-state index in [1.807, 2.05) is 20.8 Å². The van der Waals surface area contributed by atoms with Crippen molar-refractivity contribution in [2.24, 2.45) is 0 Å². The molecule has 2 heterocycles. The number of rotatable bonds is 3. The lowest BCUT2D eigenvalue weighted by Crippen LogP contribution is -2.48. The van der Waals surface area contributed by atoms with Crippen LogP contribution in [0.2, 0.25) is 0 Å². The van der Waals surface area contributed by atoms with Crippen molar-refractivity contribution < 1.29 is 18.1 Å². The number of hydrogen-bond donors (Lipinski definition) is 0. The SMILES string of the molecule is CC(C)(C)OC(=O)N1CCCC[C@@H]1C[S@](=O)c1ncc(F)cn1. The highest BCUT2D eigenvalue weighted by molar-refractivity contribution is 7.84. The van der Waals surface area contributed by atoms with Crippen LogP contribution in [0.3, 0.4) is 0 Å². The van der Waals surface area contributed by atoms with E-state index >= 15 is 0 Å². The zero-order chi connectivity index (χ0) is 17.0. The predicted molar refractivity (Wildman–Crippen MR) is 83.8 cm³/mol. The van der Waals surface area contributed by atoms with Crippen LogP contribution in [0, 0.1) is 5.82 Å². The number of carbonyl (C=O) groups excluding carboxylic acids is 1. The molecule has 0 aliphatic carbocycles. The van der Waals surface area contributed by atoms with Gasteiger partial charge in [-0.15, -0.1) is 0 Å². The molecule has 6 nitrogen and oxygen atoms in total. The van der Waals surface area contributed by atoms with Gasteiger partial charge in [0.25, 0.3) is 0 Å². The number of carbonyl (C=O) groups is 1. The van der Waals surface area contributed by atoms with Crippen LogP contribution in [-0.4, -0.2) is 49.1 Å². The van der Waals surface area contributed by atoms with Crippen LogP contribution in [0.5, 0.6) is 0 Å². The van der Waals surface area contributed by atoms with Crippen LogP contribution in [-0.2, 0) is 15.5 Å². The molecule has 0 spiro atoms. The Bertz CT molecular complexity index is 574. The number of ether oxygens (including phenoxy) is 1. The van der Waals surface area contributed by atoms with Gasteiger partial charge in [0.15, 0.2) is 5.82 Å². The first-order valence-electron chi connectivity index (χ1n) is 7.62. The second kappa shape index (κ2) is 7.33. The quantitative estimate of drug-likeness (QED) is 0.789. The molecule has 23 heavy (non-hydrogen) atoms. The largest absolute Gasteiger partial charge is 0.444 e. The fourth-order valence-corrected chi connectivity index (χ4v) is 3.59. The van der Waals surface area contributed by atoms with E-state index in [4.69, 9.17) is 4.74 Å². The molecule has 1 fully saturated rings. The highest BCUT2D eigenvalue weighted by atomic mass is 32.2. The molecule has 0 unspecified atom stereocenters. The molecule has 0 radical (unpaired) electrons. The Morgan fingerprint density at radius 3 is 2.65 bits per heavy atom. The van der Waals surface area contributed by atoms with Crippen molar-refractivity contribution in [2.75, 3.05) is 12.3 Å². The van der Waals surface area contributed by atoms with Gasteiger partial charge in [0.1, 0.15) is 5.60 Å². The molecular weight excluding hydrogens is 321 g/mol. The molecule has 0 aromatic carbocycles. The monoisotopic (exact) mass is 343 g/mol. The van der Waals surface area contributed by atoms with E-state index in [1.54, 1.807) is 4.90 Å². The number of likely N-dealkylation sites (tertiary alicyclic amines) is 1. The lowest BCUT2D eigenvalue weighted by atomic mass is 10.0. The summed E-state index contributed by atoms with van der Waals surface area (Å²) in [5, 5.41) is 0.0844. The highest BCUT2D eigenvalue weighted by Crippen LogP contribution is 2.22. The Balaban J connectivity index is 2.04. The van der Waals surface area contributed by atoms with Gasteiger partial charge < -0.3 is 9.64 Å². The van der Waals surface area contributed by atoms with Crippen molar-refractivity contribution in [1.29, 1.82) is 0 Å². The fourth-order valence-electron chi connectivity index (χ4n) is 2.40. The molecule has 1 aromatic rings. The zero-order valence-electron chi connectivity index (χ0n) is 13.6. The molecule has 8 heteroatoms. The van der Waals surface area contributed by atoms with Crippen molar-refractivity contribution in [2.45, 2.75) is 56.8 Å². The van der Waals surface area contributed by atoms with Gasteiger partial charge in [0.05, 0.1) is 28.9 Å². The first-order chi connectivity index (χ1) is 10.8. The Morgan fingerprint density at radius 1 is 1.39 bits per heavy atom. The number of piperidine rings is 1. The number of halogens is 1. The summed E-state index contributed by atoms with van der Waals surface area (Å²) in [7, 11) is -1.49. The van der Waals surface area contributed by atoms with E-state index in [9.17, 15) is 13.4 Å². The van der Waals surface area contributed by atoms with E-state index in [1.165, 1.54) is 0 Å². The van der Waals surface area contributed by atoms with E-state index in [0.29, 0.717) is 6.54 Å². The lowest BCUT2D eigenvalue weighted by molar-refractivity contribution is 0.0125. The summed E-state index contributed by atoms with van der Waals surface area (Å²) in [5.41, 5.74) is -0.571. The minimum absolute atomic E-state index is 0.0844. The number of hydrogen-bond acceptors (Lipinski definition) is 5. The molecule has 1 aromatic heterocycles. The minimum Gasteiger partial charge on any atom is -0.444 e. The number of amides is 1. The second-order valence-electron chi connectivity index (χ2n) is 6.52. The van der Waals surface area contributed by atoms with E-state index in [2.05, 4.69) is 9.97 Å². The Hall–Kier alpha value is -1.57. The lowest BCUT2D eigenvalue weighted by Gasteiger charge is -2.36. The summed E-state index contributed by atoms with van der Waals surface area (Å²) in [5.74, 6) is -0.343. The van der Waals surface area contributed by atoms with Crippen molar-refractivity contribution >= 4 is 16.9 Å². The number of nitrogens with zero attached hydrogens (tertiary/aromatic N) is 3. The Morgan fingerprint density at radius 2 is 2.04 bits per heavy atom. The van der Waals surface area contributed by atoms with Crippen LogP contribution >= 0.6 is 0 Å². The Labute approximate surface area is 137 Å². The molecule has 1 amide bonds. The third-order valence-corrected chi connectivity index (χ3v) is 4.70. The van der Waals surface area contributed by atoms with Crippen molar-refractivity contribution in [3.8, 4) is 0 Å². The van der Waals surface area contributed by atoms with E-state index in [0.717, 1.165) is 31.7 Å². The van der Waals surface area contributed by atoms with Crippen molar-refractivity contribution in [1.82, 2.24) is 14.9 Å². The summed E-state index contributed by atoms with van der Waals surface area (Å²) in [6, 6.07) is -0.187. The summed E-state index contributed by atoms with van der Waals surface area (Å²) < 4.78 is 30.6. The molecule has 1 saturated heterocycles. The average Bonchev–Trinajstić information content (AvgIpc) is 2.46. The molecule has 2 rings (SSSR count). The van der Waals surface area contributed by atoms with Gasteiger partial charge in [-0.25, -0.2) is 19.2 Å². The maximum Gasteiger partial charge on any atom is 0.410 e. The minimum atomic E-state index is -1.49. The predicted octanol–water partition coefficient (Wildman–Crippen LogP) is 2.51. The first-order valence-corrected chi connectivity index (χ1v) is 8.94. The van der Waals surface area contributed by atoms with Crippen molar-refractivity contribution in [3.63, 3.8) is 0 Å². The van der Waals surface area contributed by atoms with Crippen LogP contribution in [0.1, 0.15) is 40.0 Å². The molecular formula is C15H22FN3O3S. The Kier molecular flexibility index (Phi) is 5.67. The van der Waals surface area contributed by atoms with Gasteiger partial charge >= 0.3 is 6.09 Å². The molecule has 1 aliphatic rings. The molecule has 0 saturated carbocycles. The third-order valence-electron chi connectivity index (χ3n) is 3.40. The van der Waals surface area contributed by atoms with Gasteiger partial charge in [-0.1, -0.05) is 0 Å². The van der Waals surface area contributed by atoms with Gasteiger partial charge in [-0.2, -0.15) is 0 Å². The van der Waals surface area contributed by atoms with Gasteiger partial charge in [-0.05, 0) is 40.0 Å². The van der Waals surface area contributed by atoms with Crippen molar-refractivity contribution in [3.05, 3.63) is 18.2 Å².